The minimum Gasteiger partial charge on any atom is -0.467 e. The summed E-state index contributed by atoms with van der Waals surface area (Å²) < 4.78 is 4.70. The second-order valence-electron chi connectivity index (χ2n) is 4.72. The van der Waals surface area contributed by atoms with Crippen molar-refractivity contribution in [3.8, 4) is 0 Å². The quantitative estimate of drug-likeness (QED) is 0.431. The molecule has 2 amide bonds. The minimum absolute atomic E-state index is 0.333. The number of nitrogens with one attached hydrogen (secondary N) is 1. The number of methoxy groups -OCH3 is 1. The summed E-state index contributed by atoms with van der Waals surface area (Å²) in [7, 11) is 1.27. The van der Waals surface area contributed by atoms with Gasteiger partial charge in [-0.15, -0.1) is 5.73 Å². The topological polar surface area (TPSA) is 75.7 Å². The molecule has 0 aromatic carbocycles. The molecule has 1 N–H and O–H groups in total. The molecular formula is C13H16N2O4. The number of ether oxygens (including phenoxy) is 1. The van der Waals surface area contributed by atoms with Crippen LogP contribution >= 0.6 is 0 Å². The van der Waals surface area contributed by atoms with Crippen molar-refractivity contribution in [2.75, 3.05) is 13.7 Å². The first-order valence-electron chi connectivity index (χ1n) is 6.10. The molecule has 2 aliphatic rings. The standard InChI is InChI=1S/C13H16N2O4/c1-3-9-7-13(9,12(18)19-2)14-11(17)10-5-4-6-15(10)8-16/h8,10H,1,4-7H2,2H3,(H,14,17)/t10-,13+/m0/s1. The van der Waals surface area contributed by atoms with Crippen molar-refractivity contribution in [3.63, 3.8) is 0 Å². The van der Waals surface area contributed by atoms with Crippen molar-refractivity contribution >= 4 is 18.3 Å². The van der Waals surface area contributed by atoms with Gasteiger partial charge in [0.25, 0.3) is 0 Å². The van der Waals surface area contributed by atoms with Gasteiger partial charge in [-0.3, -0.25) is 9.59 Å². The molecule has 1 saturated heterocycles. The molecule has 0 radical (unpaired) electrons. The van der Waals surface area contributed by atoms with Gasteiger partial charge >= 0.3 is 5.97 Å². The largest absolute Gasteiger partial charge is 0.467 e. The third kappa shape index (κ3) is 2.15. The molecule has 102 valence electrons. The Balaban J connectivity index is 2.11. The average Bonchev–Trinajstić information content (AvgIpc) is 2.92. The van der Waals surface area contributed by atoms with Crippen LogP contribution in [0.25, 0.3) is 0 Å². The first-order chi connectivity index (χ1) is 9.08. The van der Waals surface area contributed by atoms with Gasteiger partial charge < -0.3 is 15.0 Å². The molecular weight excluding hydrogens is 248 g/mol. The van der Waals surface area contributed by atoms with E-state index >= 15 is 0 Å². The minimum atomic E-state index is -1.12. The molecule has 0 aromatic rings. The van der Waals surface area contributed by atoms with Gasteiger partial charge in [-0.2, -0.15) is 0 Å². The molecule has 1 heterocycles. The number of hydrogen-bond acceptors (Lipinski definition) is 4. The van der Waals surface area contributed by atoms with Crippen molar-refractivity contribution < 1.29 is 19.1 Å². The smallest absolute Gasteiger partial charge is 0.336 e. The maximum Gasteiger partial charge on any atom is 0.336 e. The third-order valence-electron chi connectivity index (χ3n) is 3.65. The molecule has 0 bridgehead atoms. The highest BCUT2D eigenvalue weighted by Gasteiger charge is 2.59. The van der Waals surface area contributed by atoms with E-state index in [1.54, 1.807) is 0 Å². The molecule has 0 unspecified atom stereocenters. The summed E-state index contributed by atoms with van der Waals surface area (Å²) >= 11 is 0. The first kappa shape index (κ1) is 13.4. The lowest BCUT2D eigenvalue weighted by molar-refractivity contribution is -0.146. The molecule has 6 nitrogen and oxygen atoms in total. The fourth-order valence-electron chi connectivity index (χ4n) is 2.46. The molecule has 1 saturated carbocycles. The summed E-state index contributed by atoms with van der Waals surface area (Å²) in [4.78, 5) is 36.2. The molecule has 0 spiro atoms. The Kier molecular flexibility index (Phi) is 3.44. The first-order valence-corrected chi connectivity index (χ1v) is 6.10. The number of carbonyl (C=O) groups is 3. The van der Waals surface area contributed by atoms with E-state index in [1.165, 1.54) is 12.0 Å². The normalized spacial score (nSPS) is 28.6. The van der Waals surface area contributed by atoms with Crippen LogP contribution < -0.4 is 5.32 Å². The Bertz CT molecular complexity index is 481. The van der Waals surface area contributed by atoms with Crippen LogP contribution in [0.3, 0.4) is 0 Å². The SMILES string of the molecule is C=C=C1C[C@]1(NC(=O)[C@@H]1CCCN1C=O)C(=O)OC. The van der Waals surface area contributed by atoms with Crippen LogP contribution in [0.1, 0.15) is 19.3 Å². The Hall–Kier alpha value is -2.07. The van der Waals surface area contributed by atoms with Crippen molar-refractivity contribution in [3.05, 3.63) is 17.9 Å². The predicted molar refractivity (Wildman–Crippen MR) is 66.0 cm³/mol. The number of carbonyl (C=O) groups excluding carboxylic acids is 3. The lowest BCUT2D eigenvalue weighted by atomic mass is 10.1. The summed E-state index contributed by atoms with van der Waals surface area (Å²) in [5.74, 6) is -0.858. The second-order valence-corrected chi connectivity index (χ2v) is 4.72. The van der Waals surface area contributed by atoms with Gasteiger partial charge in [-0.05, 0) is 12.8 Å². The van der Waals surface area contributed by atoms with E-state index in [4.69, 9.17) is 4.74 Å². The van der Waals surface area contributed by atoms with Gasteiger partial charge in [0.1, 0.15) is 6.04 Å². The van der Waals surface area contributed by atoms with Gasteiger partial charge in [0.15, 0.2) is 5.54 Å². The van der Waals surface area contributed by atoms with Gasteiger partial charge in [-0.1, -0.05) is 6.58 Å². The highest BCUT2D eigenvalue weighted by Crippen LogP contribution is 2.43. The zero-order chi connectivity index (χ0) is 14.0. The van der Waals surface area contributed by atoms with Crippen molar-refractivity contribution in [1.82, 2.24) is 10.2 Å². The van der Waals surface area contributed by atoms with Gasteiger partial charge in [0, 0.05) is 18.5 Å². The number of amides is 2. The Morgan fingerprint density at radius 2 is 2.37 bits per heavy atom. The van der Waals surface area contributed by atoms with Crippen LogP contribution in [0.4, 0.5) is 0 Å². The van der Waals surface area contributed by atoms with Crippen LogP contribution in [0, 0.1) is 0 Å². The van der Waals surface area contributed by atoms with Crippen molar-refractivity contribution in [2.24, 2.45) is 0 Å². The zero-order valence-electron chi connectivity index (χ0n) is 10.8. The van der Waals surface area contributed by atoms with Gasteiger partial charge in [-0.25, -0.2) is 4.79 Å². The predicted octanol–water partition coefficient (Wildman–Crippen LogP) is -0.250. The molecule has 2 fully saturated rings. The highest BCUT2D eigenvalue weighted by molar-refractivity contribution is 5.98. The zero-order valence-corrected chi connectivity index (χ0v) is 10.8. The summed E-state index contributed by atoms with van der Waals surface area (Å²) in [6.07, 6.45) is 2.42. The van der Waals surface area contributed by atoms with Crippen LogP contribution in [0.15, 0.2) is 17.9 Å². The molecule has 6 heteroatoms. The molecule has 1 aliphatic carbocycles. The van der Waals surface area contributed by atoms with E-state index in [0.29, 0.717) is 31.4 Å². The van der Waals surface area contributed by atoms with E-state index in [2.05, 4.69) is 17.6 Å². The van der Waals surface area contributed by atoms with E-state index in [9.17, 15) is 14.4 Å². The number of esters is 1. The third-order valence-corrected chi connectivity index (χ3v) is 3.65. The second kappa shape index (κ2) is 4.90. The highest BCUT2D eigenvalue weighted by atomic mass is 16.5. The summed E-state index contributed by atoms with van der Waals surface area (Å²) in [6, 6.07) is -0.509. The number of hydrogen-bond donors (Lipinski definition) is 1. The Morgan fingerprint density at radius 3 is 2.89 bits per heavy atom. The molecule has 19 heavy (non-hydrogen) atoms. The lowest BCUT2D eigenvalue weighted by Crippen LogP contribution is -2.51. The van der Waals surface area contributed by atoms with Crippen LogP contribution in [-0.4, -0.2) is 48.4 Å². The average molecular weight is 264 g/mol. The van der Waals surface area contributed by atoms with Gasteiger partial charge in [0.2, 0.25) is 12.3 Å². The van der Waals surface area contributed by atoms with Crippen LogP contribution in [-0.2, 0) is 19.1 Å². The van der Waals surface area contributed by atoms with E-state index < -0.39 is 17.6 Å². The van der Waals surface area contributed by atoms with Gasteiger partial charge in [0.05, 0.1) is 7.11 Å². The van der Waals surface area contributed by atoms with Crippen molar-refractivity contribution in [1.29, 1.82) is 0 Å². The van der Waals surface area contributed by atoms with E-state index in [1.807, 2.05) is 0 Å². The molecule has 0 aromatic heterocycles. The molecule has 2 atom stereocenters. The van der Waals surface area contributed by atoms with E-state index in [0.717, 1.165) is 6.42 Å². The van der Waals surface area contributed by atoms with Crippen LogP contribution in [0.2, 0.25) is 0 Å². The summed E-state index contributed by atoms with van der Waals surface area (Å²) in [6.45, 7) is 4.05. The fourth-order valence-corrected chi connectivity index (χ4v) is 2.46. The molecule has 2 rings (SSSR count). The summed E-state index contributed by atoms with van der Waals surface area (Å²) in [5, 5.41) is 2.67. The maximum atomic E-state index is 12.2. The maximum absolute atomic E-state index is 12.2. The van der Waals surface area contributed by atoms with Crippen LogP contribution in [0.5, 0.6) is 0 Å². The monoisotopic (exact) mass is 264 g/mol. The van der Waals surface area contributed by atoms with E-state index in [-0.39, 0.29) is 5.91 Å². The lowest BCUT2D eigenvalue weighted by Gasteiger charge is -2.22. The Labute approximate surface area is 111 Å². The number of likely N-dealkylation sites (tertiary alicyclic amines) is 1. The fraction of sp³-hybridized carbons (Fsp3) is 0.538. The number of nitrogens with zero attached hydrogens (tertiary/aromatic N) is 1. The molecule has 1 aliphatic heterocycles. The summed E-state index contributed by atoms with van der Waals surface area (Å²) in [5.41, 5.74) is 2.13. The Morgan fingerprint density at radius 1 is 1.63 bits per heavy atom. The van der Waals surface area contributed by atoms with Crippen molar-refractivity contribution in [2.45, 2.75) is 30.8 Å². The number of rotatable bonds is 4.